The molecule has 30 heavy (non-hydrogen) atoms. The molecule has 1 unspecified atom stereocenters. The molecule has 1 aliphatic rings. The first kappa shape index (κ1) is 18.2. The lowest BCUT2D eigenvalue weighted by atomic mass is 9.92. The summed E-state index contributed by atoms with van der Waals surface area (Å²) in [5, 5.41) is 0.880. The summed E-state index contributed by atoms with van der Waals surface area (Å²) in [7, 11) is 0. The van der Waals surface area contributed by atoms with Crippen LogP contribution in [-0.4, -0.2) is 21.7 Å². The molecule has 0 saturated heterocycles. The average molecular weight is 396 g/mol. The van der Waals surface area contributed by atoms with Gasteiger partial charge in [0.2, 0.25) is 0 Å². The molecule has 1 atom stereocenters. The topological polar surface area (TPSA) is 50.3 Å². The Labute approximate surface area is 172 Å². The Kier molecular flexibility index (Phi) is 4.17. The van der Waals surface area contributed by atoms with E-state index >= 15 is 0 Å². The van der Waals surface area contributed by atoms with Crippen LogP contribution >= 0.6 is 0 Å². The van der Waals surface area contributed by atoms with E-state index in [2.05, 4.69) is 4.98 Å². The lowest BCUT2D eigenvalue weighted by molar-refractivity contribution is 0.0595. The normalized spacial score (nSPS) is 14.3. The maximum absolute atomic E-state index is 13.6. The molecule has 0 N–H and O–H groups in total. The van der Waals surface area contributed by atoms with Crippen molar-refractivity contribution in [3.05, 3.63) is 102 Å². The number of halogens is 1. The van der Waals surface area contributed by atoms with Crippen LogP contribution in [-0.2, 0) is 0 Å². The molecular formula is C25H17FN2O2. The van der Waals surface area contributed by atoms with E-state index in [9.17, 15) is 14.0 Å². The molecule has 5 rings (SSSR count). The number of imide groups is 1. The second-order valence-corrected chi connectivity index (χ2v) is 7.31. The van der Waals surface area contributed by atoms with Crippen molar-refractivity contribution in [3.8, 4) is 11.1 Å². The van der Waals surface area contributed by atoms with Crippen LogP contribution in [0.3, 0.4) is 0 Å². The molecule has 4 nitrogen and oxygen atoms in total. The fourth-order valence-electron chi connectivity index (χ4n) is 4.11. The summed E-state index contributed by atoms with van der Waals surface area (Å²) in [4.78, 5) is 31.9. The molecule has 0 spiro atoms. The summed E-state index contributed by atoms with van der Waals surface area (Å²) >= 11 is 0. The molecule has 2 amide bonds. The zero-order valence-electron chi connectivity index (χ0n) is 16.2. The van der Waals surface area contributed by atoms with Gasteiger partial charge in [-0.25, -0.2) is 4.39 Å². The molecule has 5 heteroatoms. The number of hydrogen-bond donors (Lipinski definition) is 0. The fraction of sp³-hybridized carbons (Fsp3) is 0.0800. The number of aromatic nitrogens is 1. The molecule has 0 bridgehead atoms. The minimum atomic E-state index is -0.547. The second kappa shape index (κ2) is 6.88. The van der Waals surface area contributed by atoms with Gasteiger partial charge in [-0.1, -0.05) is 42.5 Å². The van der Waals surface area contributed by atoms with Crippen molar-refractivity contribution in [1.82, 2.24) is 9.88 Å². The van der Waals surface area contributed by atoms with Gasteiger partial charge in [-0.05, 0) is 48.4 Å². The maximum Gasteiger partial charge on any atom is 0.262 e. The van der Waals surface area contributed by atoms with Crippen LogP contribution in [0.4, 0.5) is 4.39 Å². The van der Waals surface area contributed by atoms with Gasteiger partial charge in [-0.3, -0.25) is 19.5 Å². The second-order valence-electron chi connectivity index (χ2n) is 7.31. The van der Waals surface area contributed by atoms with E-state index in [0.29, 0.717) is 11.1 Å². The lowest BCUT2D eigenvalue weighted by Crippen LogP contribution is -2.33. The Balaban J connectivity index is 1.70. The fourth-order valence-corrected chi connectivity index (χ4v) is 4.11. The average Bonchev–Trinajstić information content (AvgIpc) is 3.03. The van der Waals surface area contributed by atoms with Crippen LogP contribution in [0.15, 0.2) is 79.0 Å². The molecule has 1 aliphatic heterocycles. The van der Waals surface area contributed by atoms with Gasteiger partial charge in [0.25, 0.3) is 11.8 Å². The molecule has 2 heterocycles. The Hall–Kier alpha value is -3.86. The van der Waals surface area contributed by atoms with Gasteiger partial charge in [0.1, 0.15) is 5.82 Å². The van der Waals surface area contributed by atoms with Crippen LogP contribution in [0.25, 0.3) is 22.0 Å². The number of benzene rings is 3. The summed E-state index contributed by atoms with van der Waals surface area (Å²) < 4.78 is 13.6. The van der Waals surface area contributed by atoms with Crippen LogP contribution in [0.1, 0.15) is 39.2 Å². The van der Waals surface area contributed by atoms with Gasteiger partial charge in [-0.15, -0.1) is 0 Å². The third kappa shape index (κ3) is 2.70. The maximum atomic E-state index is 13.6. The van der Waals surface area contributed by atoms with Crippen LogP contribution in [0, 0.1) is 5.82 Å². The predicted molar refractivity (Wildman–Crippen MR) is 112 cm³/mol. The van der Waals surface area contributed by atoms with Gasteiger partial charge < -0.3 is 0 Å². The van der Waals surface area contributed by atoms with Crippen LogP contribution in [0.5, 0.6) is 0 Å². The van der Waals surface area contributed by atoms with E-state index < -0.39 is 6.04 Å². The van der Waals surface area contributed by atoms with Crippen molar-refractivity contribution in [3.63, 3.8) is 0 Å². The quantitative estimate of drug-likeness (QED) is 0.436. The van der Waals surface area contributed by atoms with E-state index in [0.717, 1.165) is 27.6 Å². The van der Waals surface area contributed by atoms with Crippen molar-refractivity contribution < 1.29 is 14.0 Å². The van der Waals surface area contributed by atoms with E-state index in [4.69, 9.17) is 0 Å². The Morgan fingerprint density at radius 3 is 2.10 bits per heavy atom. The van der Waals surface area contributed by atoms with E-state index in [1.165, 1.54) is 17.0 Å². The Morgan fingerprint density at radius 2 is 1.43 bits per heavy atom. The SMILES string of the molecule is CC(c1cnc2ccccc2c1-c1ccc(F)cc1)N1C(=O)c2ccccc2C1=O. The van der Waals surface area contributed by atoms with E-state index in [1.54, 1.807) is 42.6 Å². The third-order valence-corrected chi connectivity index (χ3v) is 5.60. The van der Waals surface area contributed by atoms with Crippen LogP contribution < -0.4 is 0 Å². The minimum absolute atomic E-state index is 0.318. The minimum Gasteiger partial charge on any atom is -0.269 e. The first-order chi connectivity index (χ1) is 14.6. The smallest absolute Gasteiger partial charge is 0.262 e. The lowest BCUT2D eigenvalue weighted by Gasteiger charge is -2.25. The Bertz CT molecular complexity index is 1280. The number of para-hydroxylation sites is 1. The standard InChI is InChI=1S/C25H17FN2O2/c1-15(28-24(29)18-6-2-3-7-19(18)25(28)30)21-14-27-22-9-5-4-8-20(22)23(21)16-10-12-17(26)13-11-16/h2-15H,1H3. The highest BCUT2D eigenvalue weighted by molar-refractivity contribution is 6.21. The molecule has 4 aromatic rings. The zero-order chi connectivity index (χ0) is 20.8. The number of pyridine rings is 1. The number of carbonyl (C=O) groups is 2. The van der Waals surface area contributed by atoms with Gasteiger partial charge in [0, 0.05) is 17.1 Å². The number of fused-ring (bicyclic) bond motifs is 2. The van der Waals surface area contributed by atoms with Gasteiger partial charge in [0.05, 0.1) is 22.7 Å². The predicted octanol–water partition coefficient (Wildman–Crippen LogP) is 5.40. The number of rotatable bonds is 3. The molecule has 0 aliphatic carbocycles. The number of carbonyl (C=O) groups excluding carboxylic acids is 2. The molecule has 3 aromatic carbocycles. The Morgan fingerprint density at radius 1 is 0.833 bits per heavy atom. The van der Waals surface area contributed by atoms with Gasteiger partial charge in [0.15, 0.2) is 0 Å². The summed E-state index contributed by atoms with van der Waals surface area (Å²) in [5.41, 5.74) is 3.97. The molecular weight excluding hydrogens is 379 g/mol. The molecule has 1 aromatic heterocycles. The third-order valence-electron chi connectivity index (χ3n) is 5.60. The largest absolute Gasteiger partial charge is 0.269 e. The van der Waals surface area contributed by atoms with Gasteiger partial charge >= 0.3 is 0 Å². The number of hydrogen-bond acceptors (Lipinski definition) is 3. The zero-order valence-corrected chi connectivity index (χ0v) is 16.2. The highest BCUT2D eigenvalue weighted by atomic mass is 19.1. The highest BCUT2D eigenvalue weighted by Gasteiger charge is 2.39. The van der Waals surface area contributed by atoms with Crippen molar-refractivity contribution in [2.45, 2.75) is 13.0 Å². The van der Waals surface area contributed by atoms with Crippen molar-refractivity contribution in [2.24, 2.45) is 0 Å². The molecule has 0 fully saturated rings. The highest BCUT2D eigenvalue weighted by Crippen LogP contribution is 2.39. The molecule has 0 saturated carbocycles. The summed E-state index contributed by atoms with van der Waals surface area (Å²) in [6.45, 7) is 1.82. The number of amides is 2. The van der Waals surface area contributed by atoms with E-state index in [1.807, 2.05) is 31.2 Å². The monoisotopic (exact) mass is 396 g/mol. The number of nitrogens with zero attached hydrogens (tertiary/aromatic N) is 2. The molecule has 0 radical (unpaired) electrons. The van der Waals surface area contributed by atoms with Crippen LogP contribution in [0.2, 0.25) is 0 Å². The van der Waals surface area contributed by atoms with Crippen molar-refractivity contribution >= 4 is 22.7 Å². The first-order valence-corrected chi connectivity index (χ1v) is 9.67. The first-order valence-electron chi connectivity index (χ1n) is 9.67. The summed E-state index contributed by atoms with van der Waals surface area (Å²) in [5.74, 6) is -0.963. The van der Waals surface area contributed by atoms with Crippen molar-refractivity contribution in [1.29, 1.82) is 0 Å². The summed E-state index contributed by atoms with van der Waals surface area (Å²) in [6, 6.07) is 20.2. The van der Waals surface area contributed by atoms with Crippen molar-refractivity contribution in [2.75, 3.05) is 0 Å². The van der Waals surface area contributed by atoms with E-state index in [-0.39, 0.29) is 17.6 Å². The van der Waals surface area contributed by atoms with Gasteiger partial charge in [-0.2, -0.15) is 0 Å². The summed E-state index contributed by atoms with van der Waals surface area (Å²) in [6.07, 6.45) is 1.70. The molecule has 146 valence electrons.